The van der Waals surface area contributed by atoms with Crippen LogP contribution >= 0.6 is 0 Å². The van der Waals surface area contributed by atoms with Gasteiger partial charge in [0.2, 0.25) is 0 Å². The summed E-state index contributed by atoms with van der Waals surface area (Å²) in [5.41, 5.74) is 2.00. The van der Waals surface area contributed by atoms with E-state index < -0.39 is 6.10 Å². The van der Waals surface area contributed by atoms with Gasteiger partial charge in [0.25, 0.3) is 0 Å². The van der Waals surface area contributed by atoms with Crippen LogP contribution in [-0.4, -0.2) is 45.5 Å². The molecule has 1 aromatic heterocycles. The molecule has 1 atom stereocenters. The minimum absolute atomic E-state index is 0.166. The molecule has 2 amide bonds. The van der Waals surface area contributed by atoms with Gasteiger partial charge in [0.1, 0.15) is 0 Å². The van der Waals surface area contributed by atoms with Crippen LogP contribution < -0.4 is 5.32 Å². The van der Waals surface area contributed by atoms with E-state index in [0.29, 0.717) is 19.0 Å². The molecule has 23 heavy (non-hydrogen) atoms. The Morgan fingerprint density at radius 2 is 2.17 bits per heavy atom. The highest BCUT2D eigenvalue weighted by atomic mass is 16.3. The van der Waals surface area contributed by atoms with Gasteiger partial charge < -0.3 is 15.3 Å². The van der Waals surface area contributed by atoms with E-state index in [-0.39, 0.29) is 6.03 Å². The molecule has 1 aliphatic carbocycles. The summed E-state index contributed by atoms with van der Waals surface area (Å²) in [7, 11) is 1.71. The molecule has 0 saturated heterocycles. The number of carbonyl (C=O) groups excluding carboxylic acids is 1. The van der Waals surface area contributed by atoms with E-state index in [1.807, 2.05) is 36.5 Å². The lowest BCUT2D eigenvalue weighted by Gasteiger charge is -2.21. The van der Waals surface area contributed by atoms with Crippen LogP contribution in [0.15, 0.2) is 42.7 Å². The van der Waals surface area contributed by atoms with Crippen LogP contribution in [-0.2, 0) is 6.54 Å². The molecule has 1 aromatic carbocycles. The topological polar surface area (TPSA) is 70.4 Å². The molecule has 1 fully saturated rings. The Balaban J connectivity index is 1.48. The van der Waals surface area contributed by atoms with Crippen LogP contribution in [0.3, 0.4) is 0 Å². The van der Waals surface area contributed by atoms with Crippen LogP contribution in [0.2, 0.25) is 0 Å². The summed E-state index contributed by atoms with van der Waals surface area (Å²) in [6.45, 7) is 0.844. The third-order valence-corrected chi connectivity index (χ3v) is 4.12. The summed E-state index contributed by atoms with van der Waals surface area (Å²) in [6, 6.07) is 9.58. The summed E-state index contributed by atoms with van der Waals surface area (Å²) < 4.78 is 1.79. The predicted molar refractivity (Wildman–Crippen MR) is 87.2 cm³/mol. The lowest BCUT2D eigenvalue weighted by molar-refractivity contribution is 0.113. The fraction of sp³-hybridized carbons (Fsp3) is 0.412. The molecule has 0 aliphatic heterocycles. The van der Waals surface area contributed by atoms with Crippen molar-refractivity contribution in [3.8, 4) is 5.69 Å². The Bertz CT molecular complexity index is 635. The number of amides is 2. The van der Waals surface area contributed by atoms with Crippen LogP contribution in [0, 0.1) is 5.92 Å². The number of likely N-dealkylation sites (N-methyl/N-ethyl adjacent to an activating group) is 1. The minimum atomic E-state index is -0.404. The summed E-state index contributed by atoms with van der Waals surface area (Å²) in [5, 5.41) is 16.9. The zero-order valence-electron chi connectivity index (χ0n) is 13.2. The molecule has 0 bridgehead atoms. The molecule has 1 heterocycles. The molecule has 0 radical (unpaired) electrons. The van der Waals surface area contributed by atoms with Crippen molar-refractivity contribution >= 4 is 6.03 Å². The third-order valence-electron chi connectivity index (χ3n) is 4.12. The van der Waals surface area contributed by atoms with Gasteiger partial charge >= 0.3 is 6.03 Å². The highest BCUT2D eigenvalue weighted by Gasteiger charge is 2.31. The SMILES string of the molecule is CN(CC(O)C1CC1)C(=O)NCc1ccc(-n2cccn2)cc1. The minimum Gasteiger partial charge on any atom is -0.391 e. The quantitative estimate of drug-likeness (QED) is 0.854. The average molecular weight is 314 g/mol. The van der Waals surface area contributed by atoms with Gasteiger partial charge in [0.05, 0.1) is 11.8 Å². The molecular weight excluding hydrogens is 292 g/mol. The van der Waals surface area contributed by atoms with Crippen molar-refractivity contribution in [2.24, 2.45) is 5.92 Å². The molecule has 0 spiro atoms. The zero-order chi connectivity index (χ0) is 16.2. The first-order valence-corrected chi connectivity index (χ1v) is 7.89. The van der Waals surface area contributed by atoms with E-state index in [2.05, 4.69) is 10.4 Å². The van der Waals surface area contributed by atoms with Gasteiger partial charge in [-0.25, -0.2) is 9.48 Å². The molecular formula is C17H22N4O2. The van der Waals surface area contributed by atoms with Crippen molar-refractivity contribution in [3.05, 3.63) is 48.3 Å². The van der Waals surface area contributed by atoms with Crippen LogP contribution in [0.1, 0.15) is 18.4 Å². The van der Waals surface area contributed by atoms with Crippen molar-refractivity contribution in [1.29, 1.82) is 0 Å². The maximum Gasteiger partial charge on any atom is 0.317 e. The van der Waals surface area contributed by atoms with Crippen LogP contribution in [0.5, 0.6) is 0 Å². The van der Waals surface area contributed by atoms with Gasteiger partial charge in [0.15, 0.2) is 0 Å². The fourth-order valence-electron chi connectivity index (χ4n) is 2.49. The van der Waals surface area contributed by atoms with E-state index in [1.165, 1.54) is 0 Å². The second-order valence-electron chi connectivity index (χ2n) is 6.06. The number of aliphatic hydroxyl groups excluding tert-OH is 1. The molecule has 6 heteroatoms. The molecule has 1 aliphatic rings. The summed E-state index contributed by atoms with van der Waals surface area (Å²) >= 11 is 0. The Hall–Kier alpha value is -2.34. The van der Waals surface area contributed by atoms with E-state index in [0.717, 1.165) is 24.1 Å². The first-order chi connectivity index (χ1) is 11.1. The number of nitrogens with one attached hydrogen (secondary N) is 1. The fourth-order valence-corrected chi connectivity index (χ4v) is 2.49. The van der Waals surface area contributed by atoms with Gasteiger partial charge in [-0.3, -0.25) is 0 Å². The maximum absolute atomic E-state index is 12.0. The average Bonchev–Trinajstić information content (AvgIpc) is 3.28. The van der Waals surface area contributed by atoms with E-state index in [4.69, 9.17) is 0 Å². The first-order valence-electron chi connectivity index (χ1n) is 7.89. The van der Waals surface area contributed by atoms with Gasteiger partial charge in [-0.15, -0.1) is 0 Å². The van der Waals surface area contributed by atoms with E-state index in [1.54, 1.807) is 22.8 Å². The van der Waals surface area contributed by atoms with Crippen molar-refractivity contribution in [3.63, 3.8) is 0 Å². The summed E-state index contributed by atoms with van der Waals surface area (Å²) in [5.74, 6) is 0.375. The van der Waals surface area contributed by atoms with Gasteiger partial charge in [-0.2, -0.15) is 5.10 Å². The second-order valence-corrected chi connectivity index (χ2v) is 6.06. The number of aliphatic hydroxyl groups is 1. The number of aromatic nitrogens is 2. The van der Waals surface area contributed by atoms with Crippen molar-refractivity contribution in [2.75, 3.05) is 13.6 Å². The highest BCUT2D eigenvalue weighted by molar-refractivity contribution is 5.73. The molecule has 6 nitrogen and oxygen atoms in total. The first kappa shape index (κ1) is 15.6. The molecule has 2 aromatic rings. The zero-order valence-corrected chi connectivity index (χ0v) is 13.2. The van der Waals surface area contributed by atoms with Crippen LogP contribution in [0.4, 0.5) is 4.79 Å². The lowest BCUT2D eigenvalue weighted by atomic mass is 10.2. The van der Waals surface area contributed by atoms with Crippen LogP contribution in [0.25, 0.3) is 5.69 Å². The maximum atomic E-state index is 12.0. The van der Waals surface area contributed by atoms with Gasteiger partial charge in [-0.1, -0.05) is 12.1 Å². The number of hydrogen-bond donors (Lipinski definition) is 2. The Morgan fingerprint density at radius 3 is 2.78 bits per heavy atom. The molecule has 1 unspecified atom stereocenters. The lowest BCUT2D eigenvalue weighted by Crippen LogP contribution is -2.41. The van der Waals surface area contributed by atoms with Gasteiger partial charge in [-0.05, 0) is 42.5 Å². The molecule has 2 N–H and O–H groups in total. The Kier molecular flexibility index (Phi) is 4.62. The van der Waals surface area contributed by atoms with E-state index in [9.17, 15) is 9.90 Å². The number of carbonyl (C=O) groups is 1. The number of urea groups is 1. The van der Waals surface area contributed by atoms with Crippen molar-refractivity contribution < 1.29 is 9.90 Å². The highest BCUT2D eigenvalue weighted by Crippen LogP contribution is 2.32. The largest absolute Gasteiger partial charge is 0.391 e. The number of benzene rings is 1. The summed E-state index contributed by atoms with van der Waals surface area (Å²) in [4.78, 5) is 13.6. The van der Waals surface area contributed by atoms with Gasteiger partial charge in [0, 0.05) is 32.5 Å². The smallest absolute Gasteiger partial charge is 0.317 e. The Labute approximate surface area is 135 Å². The summed E-state index contributed by atoms with van der Waals surface area (Å²) in [6.07, 6.45) is 5.36. The number of hydrogen-bond acceptors (Lipinski definition) is 3. The van der Waals surface area contributed by atoms with E-state index >= 15 is 0 Å². The van der Waals surface area contributed by atoms with Crippen molar-refractivity contribution in [1.82, 2.24) is 20.0 Å². The standard InChI is InChI=1S/C17H22N4O2/c1-20(12-16(22)14-5-6-14)17(23)18-11-13-3-7-15(8-4-13)21-10-2-9-19-21/h2-4,7-10,14,16,22H,5-6,11-12H2,1H3,(H,18,23). The Morgan fingerprint density at radius 1 is 1.43 bits per heavy atom. The number of rotatable bonds is 6. The predicted octanol–water partition coefficient (Wildman–Crippen LogP) is 1.78. The second kappa shape index (κ2) is 6.83. The molecule has 1 saturated carbocycles. The molecule has 3 rings (SSSR count). The van der Waals surface area contributed by atoms with Crippen molar-refractivity contribution in [2.45, 2.75) is 25.5 Å². The molecule has 122 valence electrons. The monoisotopic (exact) mass is 314 g/mol. The number of nitrogens with zero attached hydrogens (tertiary/aromatic N) is 3. The third kappa shape index (κ3) is 4.10. The normalized spacial score (nSPS) is 15.2.